The maximum absolute atomic E-state index is 12.6. The Hall–Kier alpha value is -4.28. The van der Waals surface area contributed by atoms with Gasteiger partial charge >= 0.3 is 0 Å². The molecule has 44 heavy (non-hydrogen) atoms. The number of methoxy groups -OCH3 is 2. The Labute approximate surface area is 257 Å². The molecule has 9 heteroatoms. The smallest absolute Gasteiger partial charge is 0.257 e. The molecule has 228 valence electrons. The van der Waals surface area contributed by atoms with E-state index >= 15 is 0 Å². The molecule has 1 amide bonds. The molecule has 3 heterocycles. The SMILES string of the molecule is COc1cc2c(cc1OC)CN(C[C@H]1C[C@@H](c3ccc(CO)cc3)O[C@@H](c3ccc(NC(=O)c4cccnc4)cc3)O1)CC2. The highest BCUT2D eigenvalue weighted by atomic mass is 16.7. The van der Waals surface area contributed by atoms with Crippen molar-refractivity contribution < 1.29 is 28.8 Å². The molecule has 2 aliphatic heterocycles. The molecule has 3 atom stereocenters. The first-order chi connectivity index (χ1) is 21.5. The third kappa shape index (κ3) is 6.76. The molecular weight excluding hydrogens is 558 g/mol. The second kappa shape index (κ2) is 13.6. The number of carbonyl (C=O) groups is 1. The number of hydrogen-bond acceptors (Lipinski definition) is 8. The standard InChI is InChI=1S/C35H37N3O6/c1-41-32-16-26-13-15-38(20-28(26)17-33(32)42-2)21-30-18-31(24-7-5-23(22-39)6-8-24)44-35(43-30)25-9-11-29(12-10-25)37-34(40)27-4-3-14-36-19-27/h3-12,14,16-17,19,30-31,35,39H,13,15,18,20-22H2,1-2H3,(H,37,40)/t30-,31+,35+/m1/s1. The summed E-state index contributed by atoms with van der Waals surface area (Å²) in [6.45, 7) is 2.45. The predicted octanol–water partition coefficient (Wildman–Crippen LogP) is 5.45. The molecule has 0 aliphatic carbocycles. The van der Waals surface area contributed by atoms with Gasteiger partial charge in [0.15, 0.2) is 17.8 Å². The van der Waals surface area contributed by atoms with Gasteiger partial charge in [0.2, 0.25) is 0 Å². The van der Waals surface area contributed by atoms with E-state index in [-0.39, 0.29) is 24.7 Å². The normalized spacial score (nSPS) is 20.0. The van der Waals surface area contributed by atoms with Crippen LogP contribution in [-0.2, 0) is 29.0 Å². The fourth-order valence-electron chi connectivity index (χ4n) is 5.84. The molecule has 1 saturated heterocycles. The molecule has 4 aromatic rings. The van der Waals surface area contributed by atoms with Crippen LogP contribution in [0.2, 0.25) is 0 Å². The van der Waals surface area contributed by atoms with Crippen molar-refractivity contribution in [1.29, 1.82) is 0 Å². The lowest BCUT2D eigenvalue weighted by Crippen LogP contribution is -2.41. The predicted molar refractivity (Wildman–Crippen MR) is 166 cm³/mol. The van der Waals surface area contributed by atoms with Gasteiger partial charge in [0, 0.05) is 49.7 Å². The van der Waals surface area contributed by atoms with E-state index in [1.54, 1.807) is 32.5 Å². The number of fused-ring (bicyclic) bond motifs is 1. The number of nitrogens with zero attached hydrogens (tertiary/aromatic N) is 2. The monoisotopic (exact) mass is 595 g/mol. The number of aliphatic hydroxyl groups excluding tert-OH is 1. The zero-order valence-corrected chi connectivity index (χ0v) is 24.9. The largest absolute Gasteiger partial charge is 0.493 e. The van der Waals surface area contributed by atoms with Crippen molar-refractivity contribution in [3.05, 3.63) is 119 Å². The van der Waals surface area contributed by atoms with E-state index in [1.807, 2.05) is 48.5 Å². The number of nitrogens with one attached hydrogen (secondary N) is 1. The van der Waals surface area contributed by atoms with Gasteiger partial charge in [-0.2, -0.15) is 0 Å². The highest BCUT2D eigenvalue weighted by molar-refractivity contribution is 6.04. The van der Waals surface area contributed by atoms with Crippen LogP contribution < -0.4 is 14.8 Å². The lowest BCUT2D eigenvalue weighted by Gasteiger charge is -2.39. The van der Waals surface area contributed by atoms with Gasteiger partial charge in [-0.1, -0.05) is 36.4 Å². The summed E-state index contributed by atoms with van der Waals surface area (Å²) in [7, 11) is 3.33. The molecule has 9 nitrogen and oxygen atoms in total. The Morgan fingerprint density at radius 2 is 1.70 bits per heavy atom. The number of anilines is 1. The van der Waals surface area contributed by atoms with Gasteiger partial charge in [-0.25, -0.2) is 0 Å². The number of aliphatic hydroxyl groups is 1. The molecule has 0 spiro atoms. The second-order valence-corrected chi connectivity index (χ2v) is 11.1. The van der Waals surface area contributed by atoms with E-state index in [0.29, 0.717) is 17.7 Å². The van der Waals surface area contributed by atoms with Crippen molar-refractivity contribution >= 4 is 11.6 Å². The van der Waals surface area contributed by atoms with Gasteiger partial charge in [-0.05, 0) is 65.1 Å². The Morgan fingerprint density at radius 3 is 2.39 bits per heavy atom. The van der Waals surface area contributed by atoms with E-state index in [4.69, 9.17) is 18.9 Å². The number of aromatic nitrogens is 1. The fraction of sp³-hybridized carbons (Fsp3) is 0.314. The first-order valence-corrected chi connectivity index (χ1v) is 14.8. The summed E-state index contributed by atoms with van der Waals surface area (Å²) in [6, 6.07) is 23.1. The summed E-state index contributed by atoms with van der Waals surface area (Å²) in [5.41, 5.74) is 6.45. The van der Waals surface area contributed by atoms with Crippen LogP contribution in [-0.4, -0.2) is 54.3 Å². The lowest BCUT2D eigenvalue weighted by atomic mass is 9.97. The fourth-order valence-corrected chi connectivity index (χ4v) is 5.84. The van der Waals surface area contributed by atoms with Crippen molar-refractivity contribution in [2.24, 2.45) is 0 Å². The molecule has 2 aliphatic rings. The molecule has 0 bridgehead atoms. The Balaban J connectivity index is 1.19. The van der Waals surface area contributed by atoms with Crippen LogP contribution in [0, 0.1) is 0 Å². The van der Waals surface area contributed by atoms with Crippen LogP contribution in [0.25, 0.3) is 0 Å². The molecule has 0 radical (unpaired) electrons. The third-order valence-electron chi connectivity index (χ3n) is 8.24. The Kier molecular flexibility index (Phi) is 9.18. The van der Waals surface area contributed by atoms with E-state index in [1.165, 1.54) is 17.3 Å². The Morgan fingerprint density at radius 1 is 0.977 bits per heavy atom. The summed E-state index contributed by atoms with van der Waals surface area (Å²) < 4.78 is 24.2. The first kappa shape index (κ1) is 29.8. The van der Waals surface area contributed by atoms with Crippen molar-refractivity contribution in [1.82, 2.24) is 9.88 Å². The van der Waals surface area contributed by atoms with Crippen LogP contribution in [0.4, 0.5) is 5.69 Å². The highest BCUT2D eigenvalue weighted by Crippen LogP contribution is 2.39. The van der Waals surface area contributed by atoms with Crippen molar-refractivity contribution in [3.63, 3.8) is 0 Å². The quantitative estimate of drug-likeness (QED) is 0.264. The number of amides is 1. The number of benzene rings is 3. The minimum atomic E-state index is -0.583. The number of rotatable bonds is 9. The maximum atomic E-state index is 12.6. The average Bonchev–Trinajstić information content (AvgIpc) is 3.08. The lowest BCUT2D eigenvalue weighted by molar-refractivity contribution is -0.253. The minimum Gasteiger partial charge on any atom is -0.493 e. The van der Waals surface area contributed by atoms with Crippen LogP contribution in [0.15, 0.2) is 85.2 Å². The van der Waals surface area contributed by atoms with Crippen LogP contribution in [0.3, 0.4) is 0 Å². The van der Waals surface area contributed by atoms with Gasteiger partial charge in [0.05, 0.1) is 38.6 Å². The van der Waals surface area contributed by atoms with E-state index in [2.05, 4.69) is 27.3 Å². The first-order valence-electron chi connectivity index (χ1n) is 14.8. The molecule has 0 unspecified atom stereocenters. The summed E-state index contributed by atoms with van der Waals surface area (Å²) in [5, 5.41) is 12.4. The zero-order chi connectivity index (χ0) is 30.5. The van der Waals surface area contributed by atoms with Gasteiger partial charge in [-0.15, -0.1) is 0 Å². The van der Waals surface area contributed by atoms with Crippen LogP contribution in [0.5, 0.6) is 11.5 Å². The van der Waals surface area contributed by atoms with Gasteiger partial charge in [0.1, 0.15) is 0 Å². The van der Waals surface area contributed by atoms with Crippen LogP contribution >= 0.6 is 0 Å². The number of hydrogen-bond donors (Lipinski definition) is 2. The second-order valence-electron chi connectivity index (χ2n) is 11.1. The van der Waals surface area contributed by atoms with Crippen LogP contribution in [0.1, 0.15) is 57.0 Å². The highest BCUT2D eigenvalue weighted by Gasteiger charge is 2.34. The van der Waals surface area contributed by atoms with Crippen molar-refractivity contribution in [3.8, 4) is 11.5 Å². The van der Waals surface area contributed by atoms with E-state index in [9.17, 15) is 9.90 Å². The molecule has 2 N–H and O–H groups in total. The average molecular weight is 596 g/mol. The van der Waals surface area contributed by atoms with E-state index in [0.717, 1.165) is 54.2 Å². The summed E-state index contributed by atoms with van der Waals surface area (Å²) >= 11 is 0. The summed E-state index contributed by atoms with van der Waals surface area (Å²) in [6.07, 6.45) is 3.94. The van der Waals surface area contributed by atoms with Gasteiger partial charge < -0.3 is 29.4 Å². The molecule has 3 aromatic carbocycles. The molecule has 1 aromatic heterocycles. The molecule has 0 saturated carbocycles. The van der Waals surface area contributed by atoms with E-state index < -0.39 is 6.29 Å². The number of carbonyl (C=O) groups excluding carboxylic acids is 1. The molecule has 6 rings (SSSR count). The molecular formula is C35H37N3O6. The zero-order valence-electron chi connectivity index (χ0n) is 24.9. The van der Waals surface area contributed by atoms with Crippen molar-refractivity contribution in [2.75, 3.05) is 32.6 Å². The summed E-state index contributed by atoms with van der Waals surface area (Å²) in [4.78, 5) is 19.0. The number of pyridine rings is 1. The third-order valence-corrected chi connectivity index (χ3v) is 8.24. The minimum absolute atomic E-state index is 0.00305. The number of ether oxygens (including phenoxy) is 4. The maximum Gasteiger partial charge on any atom is 0.257 e. The van der Waals surface area contributed by atoms with Crippen molar-refractivity contribution in [2.45, 2.75) is 44.5 Å². The Bertz CT molecular complexity index is 1560. The van der Waals surface area contributed by atoms with Gasteiger partial charge in [0.25, 0.3) is 5.91 Å². The molecule has 1 fully saturated rings. The topological polar surface area (TPSA) is 102 Å². The van der Waals surface area contributed by atoms with Gasteiger partial charge in [-0.3, -0.25) is 14.7 Å². The summed E-state index contributed by atoms with van der Waals surface area (Å²) in [5.74, 6) is 1.27.